The molecule has 0 unspecified atom stereocenters. The molecule has 0 fully saturated rings. The average molecular weight is 317 g/mol. The molecule has 7 heteroatoms. The van der Waals surface area contributed by atoms with Gasteiger partial charge in [0.25, 0.3) is 0 Å². The maximum atomic E-state index is 11.9. The van der Waals surface area contributed by atoms with E-state index in [-0.39, 0.29) is 5.69 Å². The molecule has 0 aromatic heterocycles. The van der Waals surface area contributed by atoms with Crippen LogP contribution in [0.3, 0.4) is 0 Å². The van der Waals surface area contributed by atoms with E-state index in [9.17, 15) is 18.0 Å². The average Bonchev–Trinajstić information content (AvgIpc) is 2.09. The van der Waals surface area contributed by atoms with Gasteiger partial charge >= 0.3 is 6.18 Å². The molecule has 0 aliphatic rings. The van der Waals surface area contributed by atoms with Crippen LogP contribution in [-0.2, 0) is 4.79 Å². The standard InChI is InChI=1S/C9H6BrClF3NO/c10-8-5(11)2-1-3-6(8)15-7(16)4-9(12,13)14/h1-3H,4H2,(H,15,16). The minimum atomic E-state index is -4.52. The van der Waals surface area contributed by atoms with E-state index in [4.69, 9.17) is 11.6 Å². The minimum absolute atomic E-state index is 0.210. The van der Waals surface area contributed by atoms with Gasteiger partial charge in [-0.05, 0) is 28.1 Å². The SMILES string of the molecule is O=C(CC(F)(F)F)Nc1cccc(Cl)c1Br. The van der Waals surface area contributed by atoms with Crippen LogP contribution in [-0.4, -0.2) is 12.1 Å². The molecule has 1 N–H and O–H groups in total. The summed E-state index contributed by atoms with van der Waals surface area (Å²) in [6, 6.07) is 4.52. The van der Waals surface area contributed by atoms with E-state index < -0.39 is 18.5 Å². The highest BCUT2D eigenvalue weighted by Gasteiger charge is 2.31. The highest BCUT2D eigenvalue weighted by molar-refractivity contribution is 9.10. The van der Waals surface area contributed by atoms with E-state index in [0.29, 0.717) is 9.50 Å². The van der Waals surface area contributed by atoms with Crippen molar-refractivity contribution in [1.29, 1.82) is 0 Å². The molecule has 0 saturated carbocycles. The number of anilines is 1. The van der Waals surface area contributed by atoms with Crippen LogP contribution in [0.4, 0.5) is 18.9 Å². The van der Waals surface area contributed by atoms with Crippen LogP contribution < -0.4 is 5.32 Å². The second-order valence-corrected chi connectivity index (χ2v) is 4.14. The van der Waals surface area contributed by atoms with Crippen molar-refractivity contribution in [3.63, 3.8) is 0 Å². The van der Waals surface area contributed by atoms with Gasteiger partial charge in [-0.2, -0.15) is 13.2 Å². The van der Waals surface area contributed by atoms with Crippen molar-refractivity contribution in [2.45, 2.75) is 12.6 Å². The second-order valence-electron chi connectivity index (χ2n) is 2.94. The number of benzene rings is 1. The van der Waals surface area contributed by atoms with E-state index in [1.54, 1.807) is 6.07 Å². The lowest BCUT2D eigenvalue weighted by atomic mass is 10.3. The van der Waals surface area contributed by atoms with Gasteiger partial charge in [0, 0.05) is 0 Å². The zero-order valence-electron chi connectivity index (χ0n) is 7.74. The Kier molecular flexibility index (Phi) is 4.21. The summed E-state index contributed by atoms with van der Waals surface area (Å²) in [7, 11) is 0. The summed E-state index contributed by atoms with van der Waals surface area (Å²) in [5.41, 5.74) is 0.210. The summed E-state index contributed by atoms with van der Waals surface area (Å²) in [6.45, 7) is 0. The molecule has 1 aromatic carbocycles. The number of carbonyl (C=O) groups is 1. The molecule has 88 valence electrons. The molecule has 2 nitrogen and oxygen atoms in total. The van der Waals surface area contributed by atoms with E-state index in [2.05, 4.69) is 21.2 Å². The van der Waals surface area contributed by atoms with Gasteiger partial charge in [-0.15, -0.1) is 0 Å². The molecular weight excluding hydrogens is 310 g/mol. The topological polar surface area (TPSA) is 29.1 Å². The third-order valence-corrected chi connectivity index (χ3v) is 2.98. The summed E-state index contributed by atoms with van der Waals surface area (Å²) in [5.74, 6) is -1.13. The molecule has 0 spiro atoms. The van der Waals surface area contributed by atoms with E-state index >= 15 is 0 Å². The van der Waals surface area contributed by atoms with Crippen molar-refractivity contribution in [2.24, 2.45) is 0 Å². The Bertz CT molecular complexity index is 408. The normalized spacial score (nSPS) is 11.3. The fourth-order valence-corrected chi connectivity index (χ4v) is 1.51. The summed E-state index contributed by atoms with van der Waals surface area (Å²) in [6.07, 6.45) is -6.04. The lowest BCUT2D eigenvalue weighted by Gasteiger charge is -2.09. The minimum Gasteiger partial charge on any atom is -0.325 e. The molecule has 1 amide bonds. The lowest BCUT2D eigenvalue weighted by Crippen LogP contribution is -2.21. The van der Waals surface area contributed by atoms with Crippen LogP contribution in [0.2, 0.25) is 5.02 Å². The van der Waals surface area contributed by atoms with E-state index in [1.807, 2.05) is 0 Å². The van der Waals surface area contributed by atoms with Crippen molar-refractivity contribution in [3.05, 3.63) is 27.7 Å². The predicted molar refractivity (Wildman–Crippen MR) is 58.5 cm³/mol. The van der Waals surface area contributed by atoms with Crippen molar-refractivity contribution < 1.29 is 18.0 Å². The monoisotopic (exact) mass is 315 g/mol. The zero-order chi connectivity index (χ0) is 12.3. The van der Waals surface area contributed by atoms with Crippen molar-refractivity contribution in [2.75, 3.05) is 5.32 Å². The molecule has 1 aromatic rings. The number of halogens is 5. The number of amides is 1. The molecule has 0 aliphatic carbocycles. The van der Waals surface area contributed by atoms with Gasteiger partial charge in [0.05, 0.1) is 15.2 Å². The van der Waals surface area contributed by atoms with Gasteiger partial charge in [-0.3, -0.25) is 4.79 Å². The Morgan fingerprint density at radius 3 is 2.62 bits per heavy atom. The van der Waals surface area contributed by atoms with Crippen LogP contribution in [0, 0.1) is 0 Å². The van der Waals surface area contributed by atoms with Crippen LogP contribution in [0.15, 0.2) is 22.7 Å². The fourth-order valence-electron chi connectivity index (χ4n) is 0.977. The third-order valence-electron chi connectivity index (χ3n) is 1.59. The Morgan fingerprint density at radius 2 is 2.06 bits per heavy atom. The molecule has 0 heterocycles. The molecule has 1 rings (SSSR count). The Labute approximate surface area is 103 Å². The third kappa shape index (κ3) is 4.02. The number of alkyl halides is 3. The first kappa shape index (κ1) is 13.3. The van der Waals surface area contributed by atoms with Gasteiger partial charge in [0.1, 0.15) is 6.42 Å². The summed E-state index contributed by atoms with van der Waals surface area (Å²) >= 11 is 8.77. The van der Waals surface area contributed by atoms with Gasteiger partial charge in [-0.1, -0.05) is 17.7 Å². The number of rotatable bonds is 2. The first-order valence-corrected chi connectivity index (χ1v) is 5.27. The molecule has 0 radical (unpaired) electrons. The predicted octanol–water partition coefficient (Wildman–Crippen LogP) is 3.99. The largest absolute Gasteiger partial charge is 0.397 e. The van der Waals surface area contributed by atoms with Crippen LogP contribution in [0.25, 0.3) is 0 Å². The summed E-state index contributed by atoms with van der Waals surface area (Å²) in [4.78, 5) is 11.0. The first-order chi connectivity index (χ1) is 7.29. The number of carbonyl (C=O) groups excluding carboxylic acids is 1. The quantitative estimate of drug-likeness (QED) is 0.878. The van der Waals surface area contributed by atoms with Crippen LogP contribution >= 0.6 is 27.5 Å². The number of nitrogens with one attached hydrogen (secondary N) is 1. The number of hydrogen-bond donors (Lipinski definition) is 1. The molecular formula is C9H6BrClF3NO. The van der Waals surface area contributed by atoms with E-state index in [0.717, 1.165) is 0 Å². The smallest absolute Gasteiger partial charge is 0.325 e. The van der Waals surface area contributed by atoms with Gasteiger partial charge in [0.15, 0.2) is 0 Å². The lowest BCUT2D eigenvalue weighted by molar-refractivity contribution is -0.150. The first-order valence-electron chi connectivity index (χ1n) is 4.10. The molecule has 0 aliphatic heterocycles. The highest BCUT2D eigenvalue weighted by atomic mass is 79.9. The molecule has 16 heavy (non-hydrogen) atoms. The highest BCUT2D eigenvalue weighted by Crippen LogP contribution is 2.30. The Balaban J connectivity index is 2.74. The Morgan fingerprint density at radius 1 is 1.44 bits per heavy atom. The Hall–Kier alpha value is -0.750. The van der Waals surface area contributed by atoms with Crippen LogP contribution in [0.1, 0.15) is 6.42 Å². The summed E-state index contributed by atoms with van der Waals surface area (Å²) < 4.78 is 36.0. The van der Waals surface area contributed by atoms with Crippen molar-refractivity contribution >= 4 is 39.1 Å². The van der Waals surface area contributed by atoms with Gasteiger partial charge in [-0.25, -0.2) is 0 Å². The van der Waals surface area contributed by atoms with Gasteiger partial charge < -0.3 is 5.32 Å². The maximum Gasteiger partial charge on any atom is 0.397 e. The fraction of sp³-hybridized carbons (Fsp3) is 0.222. The van der Waals surface area contributed by atoms with Crippen LogP contribution in [0.5, 0.6) is 0 Å². The zero-order valence-corrected chi connectivity index (χ0v) is 10.1. The summed E-state index contributed by atoms with van der Waals surface area (Å²) in [5, 5.41) is 2.43. The van der Waals surface area contributed by atoms with Crippen molar-refractivity contribution in [3.8, 4) is 0 Å². The van der Waals surface area contributed by atoms with E-state index in [1.165, 1.54) is 12.1 Å². The number of hydrogen-bond acceptors (Lipinski definition) is 1. The van der Waals surface area contributed by atoms with Gasteiger partial charge in [0.2, 0.25) is 5.91 Å². The molecule has 0 atom stereocenters. The molecule has 0 bridgehead atoms. The molecule has 0 saturated heterocycles. The maximum absolute atomic E-state index is 11.9. The van der Waals surface area contributed by atoms with Crippen molar-refractivity contribution in [1.82, 2.24) is 0 Å². The second kappa shape index (κ2) is 5.05.